The number of esters is 2. The summed E-state index contributed by atoms with van der Waals surface area (Å²) >= 11 is 1.22. The smallest absolute Gasteiger partial charge is 0.341 e. The van der Waals surface area contributed by atoms with Gasteiger partial charge in [-0.25, -0.2) is 18.0 Å². The molecule has 3 rings (SSSR count). The second-order valence-electron chi connectivity index (χ2n) is 7.77. The highest BCUT2D eigenvalue weighted by Crippen LogP contribution is 2.33. The molecule has 0 bridgehead atoms. The normalized spacial score (nSPS) is 11.2. The van der Waals surface area contributed by atoms with E-state index >= 15 is 0 Å². The predicted octanol–water partition coefficient (Wildman–Crippen LogP) is 4.75. The Labute approximate surface area is 219 Å². The maximum atomic E-state index is 12.5. The van der Waals surface area contributed by atoms with E-state index in [1.807, 2.05) is 13.0 Å². The predicted molar refractivity (Wildman–Crippen MR) is 143 cm³/mol. The van der Waals surface area contributed by atoms with Crippen molar-refractivity contribution < 1.29 is 32.3 Å². The maximum Gasteiger partial charge on any atom is 0.341 e. The number of hydrogen-bond donors (Lipinski definition) is 2. The standard InChI is InChI=1S/C26H26N2O7S2/c1-4-34-26(31)23-17(2)18(3)36-24(23)27-22(29)16-35-25(30)20-11-8-12-21(15-20)28-37(32,33)14-13-19-9-6-5-7-10-19/h5-15,28H,4,16H2,1-3H3,(H,27,29). The molecule has 0 saturated heterocycles. The zero-order chi connectivity index (χ0) is 27.0. The zero-order valence-corrected chi connectivity index (χ0v) is 22.1. The molecule has 37 heavy (non-hydrogen) atoms. The van der Waals surface area contributed by atoms with Crippen LogP contribution in [0.4, 0.5) is 10.7 Å². The van der Waals surface area contributed by atoms with Crippen molar-refractivity contribution in [3.8, 4) is 0 Å². The van der Waals surface area contributed by atoms with Crippen LogP contribution in [0.25, 0.3) is 6.08 Å². The number of benzene rings is 2. The topological polar surface area (TPSA) is 128 Å². The number of anilines is 2. The molecule has 1 amide bonds. The van der Waals surface area contributed by atoms with Crippen LogP contribution in [0.3, 0.4) is 0 Å². The van der Waals surface area contributed by atoms with E-state index in [1.54, 1.807) is 38.1 Å². The highest BCUT2D eigenvalue weighted by molar-refractivity contribution is 7.95. The van der Waals surface area contributed by atoms with Gasteiger partial charge in [-0.05, 0) is 56.2 Å². The fraction of sp³-hybridized carbons (Fsp3) is 0.192. The number of carbonyl (C=O) groups excluding carboxylic acids is 3. The Balaban J connectivity index is 1.61. The number of nitrogens with one attached hydrogen (secondary N) is 2. The summed E-state index contributed by atoms with van der Waals surface area (Å²) < 4.78 is 37.3. The van der Waals surface area contributed by atoms with Crippen LogP contribution in [-0.4, -0.2) is 39.5 Å². The largest absolute Gasteiger partial charge is 0.462 e. The molecular formula is C26H26N2O7S2. The molecule has 0 saturated carbocycles. The van der Waals surface area contributed by atoms with Crippen LogP contribution in [-0.2, 0) is 24.3 Å². The van der Waals surface area contributed by atoms with Crippen LogP contribution in [0.2, 0.25) is 0 Å². The molecule has 0 aliphatic rings. The van der Waals surface area contributed by atoms with Gasteiger partial charge in [0.05, 0.1) is 23.1 Å². The van der Waals surface area contributed by atoms with Gasteiger partial charge in [-0.1, -0.05) is 36.4 Å². The summed E-state index contributed by atoms with van der Waals surface area (Å²) in [6.07, 6.45) is 1.45. The lowest BCUT2D eigenvalue weighted by molar-refractivity contribution is -0.119. The van der Waals surface area contributed by atoms with Crippen LogP contribution in [0.1, 0.15) is 43.6 Å². The van der Waals surface area contributed by atoms with Crippen molar-refractivity contribution in [3.63, 3.8) is 0 Å². The van der Waals surface area contributed by atoms with E-state index in [4.69, 9.17) is 9.47 Å². The third-order valence-electron chi connectivity index (χ3n) is 5.05. The Morgan fingerprint density at radius 2 is 1.70 bits per heavy atom. The lowest BCUT2D eigenvalue weighted by Gasteiger charge is -2.09. The summed E-state index contributed by atoms with van der Waals surface area (Å²) in [5, 5.41) is 3.93. The van der Waals surface area contributed by atoms with Gasteiger partial charge >= 0.3 is 11.9 Å². The van der Waals surface area contributed by atoms with Gasteiger partial charge in [-0.2, -0.15) is 0 Å². The molecule has 2 N–H and O–H groups in total. The maximum absolute atomic E-state index is 12.5. The average molecular weight is 543 g/mol. The number of rotatable bonds is 10. The fourth-order valence-corrected chi connectivity index (χ4v) is 5.11. The van der Waals surface area contributed by atoms with Crippen molar-refractivity contribution in [1.29, 1.82) is 0 Å². The van der Waals surface area contributed by atoms with Gasteiger partial charge in [-0.3, -0.25) is 9.52 Å². The summed E-state index contributed by atoms with van der Waals surface area (Å²) in [6.45, 7) is 4.85. The van der Waals surface area contributed by atoms with Gasteiger partial charge in [0, 0.05) is 10.6 Å². The van der Waals surface area contributed by atoms with Gasteiger partial charge in [0.1, 0.15) is 5.00 Å². The molecule has 0 fully saturated rings. The first-order valence-electron chi connectivity index (χ1n) is 11.2. The summed E-state index contributed by atoms with van der Waals surface area (Å²) in [7, 11) is -3.84. The Morgan fingerprint density at radius 3 is 2.41 bits per heavy atom. The van der Waals surface area contributed by atoms with Crippen molar-refractivity contribution >= 4 is 56.0 Å². The zero-order valence-electron chi connectivity index (χ0n) is 20.4. The molecule has 0 unspecified atom stereocenters. The summed E-state index contributed by atoms with van der Waals surface area (Å²) in [4.78, 5) is 38.0. The first-order valence-corrected chi connectivity index (χ1v) is 13.6. The summed E-state index contributed by atoms with van der Waals surface area (Å²) in [6, 6.07) is 14.6. The van der Waals surface area contributed by atoms with Crippen LogP contribution in [0.5, 0.6) is 0 Å². The Hall–Kier alpha value is -3.96. The van der Waals surface area contributed by atoms with Crippen molar-refractivity contribution in [2.24, 2.45) is 0 Å². The van der Waals surface area contributed by atoms with Crippen LogP contribution in [0.15, 0.2) is 60.0 Å². The molecule has 0 atom stereocenters. The van der Waals surface area contributed by atoms with Gasteiger partial charge in [0.15, 0.2) is 6.61 Å². The highest BCUT2D eigenvalue weighted by Gasteiger charge is 2.22. The number of sulfonamides is 1. The van der Waals surface area contributed by atoms with Gasteiger partial charge in [-0.15, -0.1) is 11.3 Å². The number of carbonyl (C=O) groups is 3. The molecule has 0 radical (unpaired) electrons. The van der Waals surface area contributed by atoms with Crippen LogP contribution < -0.4 is 10.0 Å². The van der Waals surface area contributed by atoms with Gasteiger partial charge < -0.3 is 14.8 Å². The Morgan fingerprint density at radius 1 is 0.973 bits per heavy atom. The molecule has 194 valence electrons. The van der Waals surface area contributed by atoms with E-state index in [9.17, 15) is 22.8 Å². The van der Waals surface area contributed by atoms with Crippen LogP contribution >= 0.6 is 11.3 Å². The number of hydrogen-bond acceptors (Lipinski definition) is 8. The molecule has 11 heteroatoms. The van der Waals surface area contributed by atoms with Crippen molar-refractivity contribution in [2.75, 3.05) is 23.3 Å². The Bertz CT molecular complexity index is 1430. The molecule has 0 aliphatic carbocycles. The monoisotopic (exact) mass is 542 g/mol. The first kappa shape index (κ1) is 27.6. The molecule has 1 aromatic heterocycles. The van der Waals surface area contributed by atoms with E-state index in [1.165, 1.54) is 41.7 Å². The van der Waals surface area contributed by atoms with E-state index in [0.717, 1.165) is 10.3 Å². The second-order valence-corrected chi connectivity index (χ2v) is 10.6. The minimum absolute atomic E-state index is 0.0510. The number of thiophene rings is 1. The number of amides is 1. The van der Waals surface area contributed by atoms with E-state index in [2.05, 4.69) is 10.0 Å². The minimum atomic E-state index is -3.84. The third kappa shape index (κ3) is 7.76. The van der Waals surface area contributed by atoms with Crippen molar-refractivity contribution in [3.05, 3.63) is 87.1 Å². The number of aryl methyl sites for hydroxylation is 1. The third-order valence-corrected chi connectivity index (χ3v) is 7.19. The lowest BCUT2D eigenvalue weighted by atomic mass is 10.1. The minimum Gasteiger partial charge on any atom is -0.462 e. The molecule has 1 heterocycles. The molecule has 3 aromatic rings. The molecule has 2 aromatic carbocycles. The fourth-order valence-electron chi connectivity index (χ4n) is 3.18. The Kier molecular flexibility index (Phi) is 9.20. The average Bonchev–Trinajstić information content (AvgIpc) is 3.14. The second kappa shape index (κ2) is 12.3. The molecule has 0 spiro atoms. The van der Waals surface area contributed by atoms with Gasteiger partial charge in [0.2, 0.25) is 0 Å². The molecular weight excluding hydrogens is 516 g/mol. The molecule has 0 aliphatic heterocycles. The highest BCUT2D eigenvalue weighted by atomic mass is 32.2. The van der Waals surface area contributed by atoms with E-state index in [0.29, 0.717) is 16.1 Å². The van der Waals surface area contributed by atoms with Crippen LogP contribution in [0, 0.1) is 13.8 Å². The quantitative estimate of drug-likeness (QED) is 0.354. The summed E-state index contributed by atoms with van der Waals surface area (Å²) in [5.41, 5.74) is 1.89. The van der Waals surface area contributed by atoms with Gasteiger partial charge in [0.25, 0.3) is 15.9 Å². The number of ether oxygens (including phenoxy) is 2. The van der Waals surface area contributed by atoms with Crippen molar-refractivity contribution in [2.45, 2.75) is 20.8 Å². The SMILES string of the molecule is CCOC(=O)c1c(NC(=O)COC(=O)c2cccc(NS(=O)(=O)C=Cc3ccccc3)c2)sc(C)c1C. The van der Waals surface area contributed by atoms with E-state index in [-0.39, 0.29) is 23.4 Å². The summed E-state index contributed by atoms with van der Waals surface area (Å²) in [5.74, 6) is -2.00. The molecule has 9 nitrogen and oxygen atoms in total. The van der Waals surface area contributed by atoms with E-state index < -0.39 is 34.5 Å². The first-order chi connectivity index (χ1) is 17.6. The lowest BCUT2D eigenvalue weighted by Crippen LogP contribution is -2.22. The van der Waals surface area contributed by atoms with Crippen molar-refractivity contribution in [1.82, 2.24) is 0 Å².